The Balaban J connectivity index is 1.92. The number of aromatic nitrogens is 1. The molecule has 0 bridgehead atoms. The summed E-state index contributed by atoms with van der Waals surface area (Å²) in [5.74, 6) is 3.72. The van der Waals surface area contributed by atoms with E-state index in [4.69, 9.17) is 23.2 Å². The molecule has 1 aliphatic rings. The van der Waals surface area contributed by atoms with Gasteiger partial charge in [-0.3, -0.25) is 4.90 Å². The predicted octanol–water partition coefficient (Wildman–Crippen LogP) is 5.80. The highest BCUT2D eigenvalue weighted by molar-refractivity contribution is 7.99. The molecule has 0 saturated carbocycles. The number of nitrogens with one attached hydrogen (secondary N) is 1. The van der Waals surface area contributed by atoms with Crippen LogP contribution in [0.3, 0.4) is 0 Å². The van der Waals surface area contributed by atoms with Crippen LogP contribution in [0.5, 0.6) is 0 Å². The standard InChI is InChI=1S/C19H23Cl2N3S/c1-13(2)15-5-6-22-19(16(15)12-24-7-9-25-10-8-24)23-18-4-3-14(20)11-17(18)21/h3-6,11,13H,7-10,12H2,1-2H3,(H,22,23). The number of anilines is 2. The second-order valence-electron chi connectivity index (χ2n) is 6.52. The van der Waals surface area contributed by atoms with Crippen LogP contribution in [-0.4, -0.2) is 34.5 Å². The van der Waals surface area contributed by atoms with Gasteiger partial charge < -0.3 is 5.32 Å². The second kappa shape index (κ2) is 8.63. The normalized spacial score (nSPS) is 15.6. The van der Waals surface area contributed by atoms with E-state index in [1.807, 2.05) is 30.1 Å². The van der Waals surface area contributed by atoms with Crippen molar-refractivity contribution in [1.29, 1.82) is 0 Å². The minimum absolute atomic E-state index is 0.443. The summed E-state index contributed by atoms with van der Waals surface area (Å²) in [7, 11) is 0. The van der Waals surface area contributed by atoms with E-state index in [0.717, 1.165) is 31.1 Å². The van der Waals surface area contributed by atoms with Gasteiger partial charge in [-0.25, -0.2) is 4.98 Å². The van der Waals surface area contributed by atoms with Crippen molar-refractivity contribution in [3.8, 4) is 0 Å². The fourth-order valence-corrected chi connectivity index (χ4v) is 4.46. The van der Waals surface area contributed by atoms with Crippen LogP contribution in [-0.2, 0) is 6.54 Å². The van der Waals surface area contributed by atoms with Crippen molar-refractivity contribution in [3.05, 3.63) is 51.6 Å². The molecule has 3 rings (SSSR count). The number of halogens is 2. The Kier molecular flexibility index (Phi) is 6.50. The first-order valence-electron chi connectivity index (χ1n) is 8.54. The Morgan fingerprint density at radius 1 is 1.20 bits per heavy atom. The van der Waals surface area contributed by atoms with Crippen molar-refractivity contribution in [2.24, 2.45) is 0 Å². The zero-order chi connectivity index (χ0) is 17.8. The van der Waals surface area contributed by atoms with E-state index in [2.05, 4.69) is 35.1 Å². The SMILES string of the molecule is CC(C)c1ccnc(Nc2ccc(Cl)cc2Cl)c1CN1CCSCC1. The summed E-state index contributed by atoms with van der Waals surface area (Å²) in [5, 5.41) is 4.65. The van der Waals surface area contributed by atoms with Gasteiger partial charge >= 0.3 is 0 Å². The highest BCUT2D eigenvalue weighted by Crippen LogP contribution is 2.32. The third kappa shape index (κ3) is 4.82. The molecule has 1 N–H and O–H groups in total. The lowest BCUT2D eigenvalue weighted by molar-refractivity contribution is 0.293. The van der Waals surface area contributed by atoms with Crippen LogP contribution in [0.1, 0.15) is 30.9 Å². The maximum Gasteiger partial charge on any atom is 0.135 e. The second-order valence-corrected chi connectivity index (χ2v) is 8.59. The number of nitrogens with zero attached hydrogens (tertiary/aromatic N) is 2. The molecule has 0 amide bonds. The lowest BCUT2D eigenvalue weighted by Crippen LogP contribution is -2.32. The van der Waals surface area contributed by atoms with Gasteiger partial charge in [-0.05, 0) is 35.7 Å². The molecule has 2 aromatic rings. The Labute approximate surface area is 164 Å². The molecule has 0 radical (unpaired) electrons. The lowest BCUT2D eigenvalue weighted by atomic mass is 9.97. The molecule has 1 aliphatic heterocycles. The van der Waals surface area contributed by atoms with Gasteiger partial charge in [0.2, 0.25) is 0 Å². The van der Waals surface area contributed by atoms with Crippen molar-refractivity contribution in [1.82, 2.24) is 9.88 Å². The van der Waals surface area contributed by atoms with Crippen LogP contribution < -0.4 is 5.32 Å². The van der Waals surface area contributed by atoms with E-state index in [0.29, 0.717) is 16.0 Å². The van der Waals surface area contributed by atoms with Gasteiger partial charge in [0.1, 0.15) is 5.82 Å². The Bertz CT molecular complexity index is 731. The molecule has 6 heteroatoms. The lowest BCUT2D eigenvalue weighted by Gasteiger charge is -2.28. The molecule has 1 fully saturated rings. The van der Waals surface area contributed by atoms with Crippen LogP contribution in [0.4, 0.5) is 11.5 Å². The van der Waals surface area contributed by atoms with Crippen LogP contribution in [0.15, 0.2) is 30.5 Å². The molecular formula is C19H23Cl2N3S. The predicted molar refractivity (Wildman–Crippen MR) is 111 cm³/mol. The number of benzene rings is 1. The molecule has 2 heterocycles. The molecule has 0 spiro atoms. The van der Waals surface area contributed by atoms with Gasteiger partial charge in [-0.2, -0.15) is 11.8 Å². The van der Waals surface area contributed by atoms with Crippen molar-refractivity contribution < 1.29 is 0 Å². The summed E-state index contributed by atoms with van der Waals surface area (Å²) < 4.78 is 0. The highest BCUT2D eigenvalue weighted by atomic mass is 35.5. The molecule has 0 unspecified atom stereocenters. The molecule has 1 aromatic carbocycles. The summed E-state index contributed by atoms with van der Waals surface area (Å²) in [6.45, 7) is 7.61. The maximum absolute atomic E-state index is 6.34. The monoisotopic (exact) mass is 395 g/mol. The molecule has 1 aromatic heterocycles. The quantitative estimate of drug-likeness (QED) is 0.691. The number of rotatable bonds is 5. The van der Waals surface area contributed by atoms with E-state index < -0.39 is 0 Å². The first kappa shape index (κ1) is 18.8. The summed E-state index contributed by atoms with van der Waals surface area (Å²) in [6, 6.07) is 7.62. The van der Waals surface area contributed by atoms with Gasteiger partial charge in [-0.15, -0.1) is 0 Å². The molecule has 0 atom stereocenters. The van der Waals surface area contributed by atoms with Gasteiger partial charge in [0.15, 0.2) is 0 Å². The van der Waals surface area contributed by atoms with E-state index in [9.17, 15) is 0 Å². The first-order valence-corrected chi connectivity index (χ1v) is 10.5. The molecule has 3 nitrogen and oxygen atoms in total. The van der Waals surface area contributed by atoms with Crippen molar-refractivity contribution in [2.45, 2.75) is 26.3 Å². The summed E-state index contributed by atoms with van der Waals surface area (Å²) in [4.78, 5) is 7.12. The Morgan fingerprint density at radius 2 is 1.96 bits per heavy atom. The zero-order valence-corrected chi connectivity index (χ0v) is 16.9. The minimum Gasteiger partial charge on any atom is -0.339 e. The third-order valence-corrected chi connectivity index (χ3v) is 5.87. The van der Waals surface area contributed by atoms with Gasteiger partial charge in [0.25, 0.3) is 0 Å². The Hall–Kier alpha value is -0.940. The van der Waals surface area contributed by atoms with Gasteiger partial charge in [0, 0.05) is 47.9 Å². The third-order valence-electron chi connectivity index (χ3n) is 4.38. The summed E-state index contributed by atoms with van der Waals surface area (Å²) >= 11 is 14.4. The summed E-state index contributed by atoms with van der Waals surface area (Å²) in [6.07, 6.45) is 1.87. The smallest absolute Gasteiger partial charge is 0.135 e. The van der Waals surface area contributed by atoms with E-state index in [-0.39, 0.29) is 0 Å². The van der Waals surface area contributed by atoms with Gasteiger partial charge in [-0.1, -0.05) is 37.0 Å². The summed E-state index contributed by atoms with van der Waals surface area (Å²) in [5.41, 5.74) is 3.42. The molecule has 25 heavy (non-hydrogen) atoms. The van der Waals surface area contributed by atoms with Crippen LogP contribution in [0, 0.1) is 0 Å². The molecule has 134 valence electrons. The van der Waals surface area contributed by atoms with Crippen LogP contribution >= 0.6 is 35.0 Å². The average Bonchev–Trinajstić information content (AvgIpc) is 2.59. The first-order chi connectivity index (χ1) is 12.0. The number of hydrogen-bond donors (Lipinski definition) is 1. The zero-order valence-electron chi connectivity index (χ0n) is 14.6. The van der Waals surface area contributed by atoms with Crippen LogP contribution in [0.2, 0.25) is 10.0 Å². The fourth-order valence-electron chi connectivity index (χ4n) is 3.02. The van der Waals surface area contributed by atoms with Crippen LogP contribution in [0.25, 0.3) is 0 Å². The molecule has 0 aliphatic carbocycles. The largest absolute Gasteiger partial charge is 0.339 e. The average molecular weight is 396 g/mol. The van der Waals surface area contributed by atoms with Crippen molar-refractivity contribution >= 4 is 46.5 Å². The molecule has 1 saturated heterocycles. The number of pyridine rings is 1. The molecular weight excluding hydrogens is 373 g/mol. The minimum atomic E-state index is 0.443. The van der Waals surface area contributed by atoms with Crippen molar-refractivity contribution in [2.75, 3.05) is 29.9 Å². The van der Waals surface area contributed by atoms with Gasteiger partial charge in [0.05, 0.1) is 10.7 Å². The topological polar surface area (TPSA) is 28.2 Å². The van der Waals surface area contributed by atoms with E-state index in [1.54, 1.807) is 6.07 Å². The maximum atomic E-state index is 6.34. The highest BCUT2D eigenvalue weighted by Gasteiger charge is 2.18. The van der Waals surface area contributed by atoms with E-state index >= 15 is 0 Å². The Morgan fingerprint density at radius 3 is 2.64 bits per heavy atom. The van der Waals surface area contributed by atoms with E-state index in [1.165, 1.54) is 22.6 Å². The number of thioether (sulfide) groups is 1. The van der Waals surface area contributed by atoms with Crippen molar-refractivity contribution in [3.63, 3.8) is 0 Å². The fraction of sp³-hybridized carbons (Fsp3) is 0.421. The number of hydrogen-bond acceptors (Lipinski definition) is 4.